The summed E-state index contributed by atoms with van der Waals surface area (Å²) in [6.45, 7) is 4.75. The minimum Gasteiger partial charge on any atom is -0.512 e. The van der Waals surface area contributed by atoms with E-state index in [1.54, 1.807) is 6.07 Å². The first-order chi connectivity index (χ1) is 11.8. The number of nitro groups is 2. The van der Waals surface area contributed by atoms with Gasteiger partial charge in [-0.3, -0.25) is 20.2 Å². The first-order valence-electron chi connectivity index (χ1n) is 5.66. The van der Waals surface area contributed by atoms with Gasteiger partial charge in [-0.15, -0.1) is 0 Å². The molecule has 14 heteroatoms. The van der Waals surface area contributed by atoms with Crippen LogP contribution >= 0.6 is 34.8 Å². The second-order valence-corrected chi connectivity index (χ2v) is 4.70. The SMILES string of the molecule is N#Cc1nc(Cl)ccc1[N+](=O)[O-].O=[N+]([O-])c1ccc(Cl)nc1Cl.[C-]#N.[Cu+]. The number of nitriles is 1. The third kappa shape index (κ3) is 8.03. The molecule has 0 aliphatic heterocycles. The smallest absolute Gasteiger partial charge is 0.512 e. The third-order valence-electron chi connectivity index (χ3n) is 2.13. The van der Waals surface area contributed by atoms with Gasteiger partial charge in [0, 0.05) is 12.1 Å². The van der Waals surface area contributed by atoms with Crippen molar-refractivity contribution in [3.8, 4) is 6.07 Å². The Morgan fingerprint density at radius 2 is 1.35 bits per heavy atom. The zero-order chi connectivity index (χ0) is 19.6. The molecule has 0 aliphatic rings. The third-order valence-corrected chi connectivity index (χ3v) is 2.83. The van der Waals surface area contributed by atoms with Crippen LogP contribution in [-0.2, 0) is 17.1 Å². The van der Waals surface area contributed by atoms with Crippen LogP contribution in [0, 0.1) is 43.4 Å². The molecule has 0 unspecified atom stereocenters. The van der Waals surface area contributed by atoms with Crippen LogP contribution in [0.5, 0.6) is 0 Å². The van der Waals surface area contributed by atoms with Gasteiger partial charge in [-0.05, 0) is 12.1 Å². The minimum atomic E-state index is -0.679. The molecule has 0 aromatic carbocycles. The van der Waals surface area contributed by atoms with Gasteiger partial charge in [-0.2, -0.15) is 5.26 Å². The topological polar surface area (TPSA) is 160 Å². The summed E-state index contributed by atoms with van der Waals surface area (Å²) in [6, 6.07) is 6.51. The van der Waals surface area contributed by atoms with E-state index in [2.05, 4.69) is 9.97 Å². The van der Waals surface area contributed by atoms with Gasteiger partial charge in [0.15, 0.2) is 0 Å². The zero-order valence-electron chi connectivity index (χ0n) is 12.1. The second-order valence-electron chi connectivity index (χ2n) is 3.57. The Bertz CT molecular complexity index is 859. The first-order valence-corrected chi connectivity index (χ1v) is 6.79. The van der Waals surface area contributed by atoms with E-state index in [0.717, 1.165) is 6.07 Å². The summed E-state index contributed by atoms with van der Waals surface area (Å²) in [4.78, 5) is 26.1. The molecule has 0 bridgehead atoms. The molecule has 2 rings (SSSR count). The summed E-state index contributed by atoms with van der Waals surface area (Å²) >= 11 is 16.2. The molecule has 138 valence electrons. The van der Waals surface area contributed by atoms with Gasteiger partial charge in [0.2, 0.25) is 10.8 Å². The molecule has 0 saturated heterocycles. The molecule has 0 atom stereocenters. The van der Waals surface area contributed by atoms with E-state index in [1.807, 2.05) is 0 Å². The summed E-state index contributed by atoms with van der Waals surface area (Å²) in [5.41, 5.74) is -0.842. The van der Waals surface area contributed by atoms with Crippen LogP contribution in [0.15, 0.2) is 24.3 Å². The van der Waals surface area contributed by atoms with Crippen molar-refractivity contribution in [2.24, 2.45) is 0 Å². The number of rotatable bonds is 2. The van der Waals surface area contributed by atoms with Crippen molar-refractivity contribution >= 4 is 46.2 Å². The molecule has 0 amide bonds. The van der Waals surface area contributed by atoms with E-state index in [-0.39, 0.29) is 49.6 Å². The van der Waals surface area contributed by atoms with Crippen molar-refractivity contribution in [3.05, 3.63) is 72.2 Å². The Labute approximate surface area is 171 Å². The summed E-state index contributed by atoms with van der Waals surface area (Å²) in [5.74, 6) is 0. The van der Waals surface area contributed by atoms with Crippen molar-refractivity contribution in [3.63, 3.8) is 0 Å². The zero-order valence-corrected chi connectivity index (χ0v) is 15.3. The molecule has 10 nitrogen and oxygen atoms in total. The molecular formula is C12H4Cl3CuN6O4. The van der Waals surface area contributed by atoms with Crippen LogP contribution in [0.4, 0.5) is 11.4 Å². The molecule has 0 aliphatic carbocycles. The van der Waals surface area contributed by atoms with Crippen molar-refractivity contribution in [2.45, 2.75) is 0 Å². The predicted octanol–water partition coefficient (Wildman–Crippen LogP) is 3.91. The standard InChI is InChI=1S/C6H2ClN3O2.C5H2Cl2N2O2.CN.Cu/c7-6-2-1-5(10(11)12)4(3-8)9-6;6-4-2-1-3(9(10)11)5(7)8-4;1-2;/h1-2H;1-2H;;/q;;-1;+1. The van der Waals surface area contributed by atoms with E-state index in [4.69, 9.17) is 51.9 Å². The van der Waals surface area contributed by atoms with Gasteiger partial charge >= 0.3 is 28.4 Å². The van der Waals surface area contributed by atoms with E-state index in [9.17, 15) is 20.2 Å². The van der Waals surface area contributed by atoms with E-state index < -0.39 is 9.85 Å². The molecule has 0 N–H and O–H groups in total. The van der Waals surface area contributed by atoms with Crippen LogP contribution in [0.3, 0.4) is 0 Å². The maximum absolute atomic E-state index is 10.3. The number of aromatic nitrogens is 2. The number of hydrogen-bond donors (Lipinski definition) is 0. The number of hydrogen-bond acceptors (Lipinski definition) is 8. The molecular weight excluding hydrogens is 462 g/mol. The van der Waals surface area contributed by atoms with Gasteiger partial charge in [-0.25, -0.2) is 9.97 Å². The summed E-state index contributed by atoms with van der Waals surface area (Å²) in [5, 5.41) is 35.1. The first kappa shape index (κ1) is 25.7. The average Bonchev–Trinajstić information content (AvgIpc) is 2.56. The normalized spacial score (nSPS) is 8.31. The van der Waals surface area contributed by atoms with E-state index >= 15 is 0 Å². The second kappa shape index (κ2) is 12.8. The summed E-state index contributed by atoms with van der Waals surface area (Å²) in [6.07, 6.45) is 0. The summed E-state index contributed by atoms with van der Waals surface area (Å²) in [7, 11) is 0. The van der Waals surface area contributed by atoms with E-state index in [0.29, 0.717) is 0 Å². The quantitative estimate of drug-likeness (QED) is 0.212. The van der Waals surface area contributed by atoms with Gasteiger partial charge in [-0.1, -0.05) is 34.8 Å². The minimum absolute atomic E-state index is 0. The number of halogens is 3. The Kier molecular flexibility index (Phi) is 12.6. The van der Waals surface area contributed by atoms with Crippen molar-refractivity contribution in [2.75, 3.05) is 0 Å². The average molecular weight is 466 g/mol. The Morgan fingerprint density at radius 1 is 0.923 bits per heavy atom. The maximum atomic E-state index is 10.3. The van der Waals surface area contributed by atoms with Crippen LogP contribution in [0.2, 0.25) is 15.5 Å². The molecule has 26 heavy (non-hydrogen) atoms. The number of nitrogens with zero attached hydrogens (tertiary/aromatic N) is 6. The number of pyridine rings is 2. The Hall–Kier alpha value is -2.53. The van der Waals surface area contributed by atoms with Crippen LogP contribution < -0.4 is 0 Å². The predicted molar refractivity (Wildman–Crippen MR) is 86.5 cm³/mol. The fourth-order valence-electron chi connectivity index (χ4n) is 1.20. The molecule has 2 heterocycles. The van der Waals surface area contributed by atoms with Crippen molar-refractivity contribution < 1.29 is 26.9 Å². The molecule has 0 saturated carbocycles. The van der Waals surface area contributed by atoms with Gasteiger partial charge in [0.05, 0.1) is 9.85 Å². The molecule has 2 aromatic rings. The van der Waals surface area contributed by atoms with E-state index in [1.165, 1.54) is 18.2 Å². The fraction of sp³-hybridized carbons (Fsp3) is 0. The van der Waals surface area contributed by atoms with Gasteiger partial charge in [0.25, 0.3) is 0 Å². The van der Waals surface area contributed by atoms with Crippen molar-refractivity contribution in [1.82, 2.24) is 9.97 Å². The van der Waals surface area contributed by atoms with Crippen molar-refractivity contribution in [1.29, 1.82) is 10.5 Å². The molecule has 0 spiro atoms. The molecule has 0 fully saturated rings. The molecule has 0 radical (unpaired) electrons. The maximum Gasteiger partial charge on any atom is 1.00 e. The fourth-order valence-corrected chi connectivity index (χ4v) is 1.76. The summed E-state index contributed by atoms with van der Waals surface area (Å²) < 4.78 is 0. The van der Waals surface area contributed by atoms with Gasteiger partial charge < -0.3 is 11.8 Å². The van der Waals surface area contributed by atoms with Crippen LogP contribution in [-0.4, -0.2) is 19.8 Å². The molecule has 2 aromatic heterocycles. The monoisotopic (exact) mass is 464 g/mol. The van der Waals surface area contributed by atoms with Crippen LogP contribution in [0.25, 0.3) is 0 Å². The Morgan fingerprint density at radius 3 is 1.73 bits per heavy atom. The Balaban J connectivity index is 0. The largest absolute Gasteiger partial charge is 1.00 e. The van der Waals surface area contributed by atoms with Crippen LogP contribution in [0.1, 0.15) is 5.69 Å². The van der Waals surface area contributed by atoms with Gasteiger partial charge in [0.1, 0.15) is 16.4 Å².